The van der Waals surface area contributed by atoms with Gasteiger partial charge in [-0.3, -0.25) is 0 Å². The molecule has 0 amide bonds. The Hall–Kier alpha value is -0.130. The second kappa shape index (κ2) is 4.79. The lowest BCUT2D eigenvalue weighted by Crippen LogP contribution is -2.23. The summed E-state index contributed by atoms with van der Waals surface area (Å²) in [4.78, 5) is 4.26. The molecule has 1 atom stereocenters. The van der Waals surface area contributed by atoms with Crippen molar-refractivity contribution in [2.45, 2.75) is 24.2 Å². The molecule has 0 aliphatic rings. The van der Waals surface area contributed by atoms with E-state index in [0.717, 1.165) is 15.9 Å². The molecule has 0 radical (unpaired) electrons. The molecule has 12 heavy (non-hydrogen) atoms. The number of hydrogen-bond acceptors (Lipinski definition) is 5. The predicted octanol–water partition coefficient (Wildman–Crippen LogP) is 1.55. The number of nitrogens with one attached hydrogen (secondary N) is 1. The van der Waals surface area contributed by atoms with Crippen LogP contribution in [-0.2, 0) is 0 Å². The number of aryl methyl sites for hydroxylation is 1. The Labute approximate surface area is 81.1 Å². The van der Waals surface area contributed by atoms with E-state index in [0.29, 0.717) is 6.04 Å². The number of nitrogens with zero attached hydrogens (tertiary/aromatic N) is 2. The zero-order valence-corrected chi connectivity index (χ0v) is 9.13. The Morgan fingerprint density at radius 3 is 2.92 bits per heavy atom. The molecule has 0 fully saturated rings. The summed E-state index contributed by atoms with van der Waals surface area (Å²) >= 11 is 3.23. The molecule has 68 valence electrons. The van der Waals surface area contributed by atoms with Crippen LogP contribution >= 0.6 is 23.3 Å². The Bertz CT molecular complexity index is 236. The van der Waals surface area contributed by atoms with Gasteiger partial charge in [-0.25, -0.2) is 4.98 Å². The zero-order valence-electron chi connectivity index (χ0n) is 7.50. The van der Waals surface area contributed by atoms with Crippen LogP contribution in [0.15, 0.2) is 4.34 Å². The lowest BCUT2D eigenvalue weighted by molar-refractivity contribution is 0.677. The van der Waals surface area contributed by atoms with Gasteiger partial charge in [0.15, 0.2) is 4.34 Å². The van der Waals surface area contributed by atoms with Gasteiger partial charge in [0.25, 0.3) is 0 Å². The molecule has 0 aliphatic carbocycles. The molecule has 1 heterocycles. The number of hydrogen-bond donors (Lipinski definition) is 1. The van der Waals surface area contributed by atoms with Crippen molar-refractivity contribution >= 4 is 23.3 Å². The fourth-order valence-electron chi connectivity index (χ4n) is 0.616. The van der Waals surface area contributed by atoms with Gasteiger partial charge in [0, 0.05) is 11.8 Å². The minimum atomic E-state index is 0.527. The molecular formula is C7H13N3S2. The van der Waals surface area contributed by atoms with Gasteiger partial charge in [-0.2, -0.15) is 4.37 Å². The lowest BCUT2D eigenvalue weighted by atomic mass is 10.4. The van der Waals surface area contributed by atoms with Crippen molar-refractivity contribution in [3.8, 4) is 0 Å². The molecule has 1 N–H and O–H groups in total. The van der Waals surface area contributed by atoms with Crippen LogP contribution in [0, 0.1) is 6.92 Å². The number of thioether (sulfide) groups is 1. The topological polar surface area (TPSA) is 37.8 Å². The fraction of sp³-hybridized carbons (Fsp3) is 0.714. The van der Waals surface area contributed by atoms with Crippen molar-refractivity contribution in [1.82, 2.24) is 14.7 Å². The van der Waals surface area contributed by atoms with Gasteiger partial charge in [0.1, 0.15) is 5.82 Å². The second-order valence-electron chi connectivity index (χ2n) is 2.61. The van der Waals surface area contributed by atoms with E-state index in [2.05, 4.69) is 21.6 Å². The Kier molecular flexibility index (Phi) is 3.97. The zero-order chi connectivity index (χ0) is 8.97. The molecule has 1 unspecified atom stereocenters. The molecule has 1 aromatic heterocycles. The normalized spacial score (nSPS) is 13.2. The maximum absolute atomic E-state index is 4.26. The standard InChI is InChI=1S/C7H13N3S2/c1-5(8-3)4-11-7-9-6(2)10-12-7/h5,8H,4H2,1-3H3. The molecule has 0 saturated carbocycles. The summed E-state index contributed by atoms with van der Waals surface area (Å²) in [7, 11) is 1.97. The molecule has 0 aliphatic heterocycles. The van der Waals surface area contributed by atoms with Gasteiger partial charge >= 0.3 is 0 Å². The van der Waals surface area contributed by atoms with Crippen molar-refractivity contribution in [3.05, 3.63) is 5.82 Å². The van der Waals surface area contributed by atoms with Crippen molar-refractivity contribution in [2.24, 2.45) is 0 Å². The summed E-state index contributed by atoms with van der Waals surface area (Å²) in [5, 5.41) is 3.18. The Morgan fingerprint density at radius 2 is 2.42 bits per heavy atom. The van der Waals surface area contributed by atoms with Crippen LogP contribution in [-0.4, -0.2) is 28.2 Å². The minimum absolute atomic E-state index is 0.527. The van der Waals surface area contributed by atoms with E-state index in [1.807, 2.05) is 14.0 Å². The maximum atomic E-state index is 4.26. The summed E-state index contributed by atoms with van der Waals surface area (Å²) in [6.07, 6.45) is 0. The molecular weight excluding hydrogens is 190 g/mol. The number of aromatic nitrogens is 2. The minimum Gasteiger partial charge on any atom is -0.316 e. The largest absolute Gasteiger partial charge is 0.316 e. The monoisotopic (exact) mass is 203 g/mol. The summed E-state index contributed by atoms with van der Waals surface area (Å²) < 4.78 is 5.17. The van der Waals surface area contributed by atoms with Crippen LogP contribution in [0.25, 0.3) is 0 Å². The average molecular weight is 203 g/mol. The third-order valence-corrected chi connectivity index (χ3v) is 3.64. The van der Waals surface area contributed by atoms with E-state index in [4.69, 9.17) is 0 Å². The maximum Gasteiger partial charge on any atom is 0.170 e. The van der Waals surface area contributed by atoms with E-state index >= 15 is 0 Å². The highest BCUT2D eigenvalue weighted by molar-refractivity contribution is 8.00. The smallest absolute Gasteiger partial charge is 0.170 e. The third-order valence-electron chi connectivity index (χ3n) is 1.46. The van der Waals surface area contributed by atoms with Crippen molar-refractivity contribution in [2.75, 3.05) is 12.8 Å². The first-order valence-electron chi connectivity index (χ1n) is 3.82. The van der Waals surface area contributed by atoms with Gasteiger partial charge in [0.05, 0.1) is 0 Å². The van der Waals surface area contributed by atoms with E-state index < -0.39 is 0 Å². The Morgan fingerprint density at radius 1 is 1.67 bits per heavy atom. The number of rotatable bonds is 4. The molecule has 3 nitrogen and oxygen atoms in total. The summed E-state index contributed by atoms with van der Waals surface area (Å²) in [5.41, 5.74) is 0. The lowest BCUT2D eigenvalue weighted by Gasteiger charge is -2.06. The summed E-state index contributed by atoms with van der Waals surface area (Å²) in [6.45, 7) is 4.07. The van der Waals surface area contributed by atoms with E-state index in [-0.39, 0.29) is 0 Å². The quantitative estimate of drug-likeness (QED) is 0.753. The van der Waals surface area contributed by atoms with Gasteiger partial charge in [0.2, 0.25) is 0 Å². The van der Waals surface area contributed by atoms with Crippen LogP contribution in [0.1, 0.15) is 12.7 Å². The molecule has 1 aromatic rings. The SMILES string of the molecule is CNC(C)CSc1nc(C)ns1. The van der Waals surface area contributed by atoms with Crippen molar-refractivity contribution < 1.29 is 0 Å². The highest BCUT2D eigenvalue weighted by atomic mass is 32.2. The third kappa shape index (κ3) is 3.08. The van der Waals surface area contributed by atoms with E-state index in [9.17, 15) is 0 Å². The highest BCUT2D eigenvalue weighted by Crippen LogP contribution is 2.20. The predicted molar refractivity (Wildman–Crippen MR) is 53.9 cm³/mol. The molecule has 5 heteroatoms. The molecule has 1 rings (SSSR count). The van der Waals surface area contributed by atoms with Gasteiger partial charge < -0.3 is 5.32 Å². The van der Waals surface area contributed by atoms with Crippen molar-refractivity contribution in [1.29, 1.82) is 0 Å². The van der Waals surface area contributed by atoms with E-state index in [1.54, 1.807) is 11.8 Å². The highest BCUT2D eigenvalue weighted by Gasteiger charge is 2.03. The second-order valence-corrected chi connectivity index (χ2v) is 4.63. The molecule has 0 bridgehead atoms. The summed E-state index contributed by atoms with van der Waals surface area (Å²) in [6, 6.07) is 0.527. The first kappa shape index (κ1) is 9.95. The first-order valence-corrected chi connectivity index (χ1v) is 5.58. The van der Waals surface area contributed by atoms with Gasteiger partial charge in [-0.05, 0) is 32.4 Å². The van der Waals surface area contributed by atoms with Crippen LogP contribution in [0.4, 0.5) is 0 Å². The fourth-order valence-corrected chi connectivity index (χ4v) is 2.32. The van der Waals surface area contributed by atoms with Crippen molar-refractivity contribution in [3.63, 3.8) is 0 Å². The van der Waals surface area contributed by atoms with Gasteiger partial charge in [-0.1, -0.05) is 11.8 Å². The Balaban J connectivity index is 2.33. The van der Waals surface area contributed by atoms with Gasteiger partial charge in [-0.15, -0.1) is 0 Å². The van der Waals surface area contributed by atoms with Crippen LogP contribution < -0.4 is 5.32 Å². The average Bonchev–Trinajstić information content (AvgIpc) is 2.47. The van der Waals surface area contributed by atoms with Crippen LogP contribution in [0.3, 0.4) is 0 Å². The molecule has 0 saturated heterocycles. The van der Waals surface area contributed by atoms with Crippen LogP contribution in [0.2, 0.25) is 0 Å². The summed E-state index contributed by atoms with van der Waals surface area (Å²) in [5.74, 6) is 1.92. The van der Waals surface area contributed by atoms with Crippen LogP contribution in [0.5, 0.6) is 0 Å². The molecule has 0 spiro atoms. The van der Waals surface area contributed by atoms with E-state index in [1.165, 1.54) is 11.5 Å². The molecule has 0 aromatic carbocycles. The first-order chi connectivity index (χ1) is 5.72.